The van der Waals surface area contributed by atoms with E-state index in [-0.39, 0.29) is 0 Å². The van der Waals surface area contributed by atoms with Crippen molar-refractivity contribution in [3.8, 4) is 0 Å². The number of nitrogens with two attached hydrogens (primary N) is 1. The summed E-state index contributed by atoms with van der Waals surface area (Å²) < 4.78 is 1.98. The van der Waals surface area contributed by atoms with Crippen LogP contribution in [0, 0.1) is 0 Å². The highest BCUT2D eigenvalue weighted by Crippen LogP contribution is 2.06. The number of hydrogen-bond acceptors (Lipinski definition) is 2. The van der Waals surface area contributed by atoms with Gasteiger partial charge in [-0.25, -0.2) is 4.98 Å². The summed E-state index contributed by atoms with van der Waals surface area (Å²) in [5.41, 5.74) is 7.91. The van der Waals surface area contributed by atoms with Crippen LogP contribution in [0.3, 0.4) is 0 Å². The molecule has 0 fully saturated rings. The molecule has 12 heavy (non-hydrogen) atoms. The molecule has 1 aromatic heterocycles. The molecule has 3 nitrogen and oxygen atoms in total. The van der Waals surface area contributed by atoms with E-state index in [9.17, 15) is 0 Å². The van der Waals surface area contributed by atoms with Gasteiger partial charge in [0.1, 0.15) is 0 Å². The Bertz CT molecular complexity index is 267. The van der Waals surface area contributed by atoms with Crippen molar-refractivity contribution >= 4 is 6.08 Å². The molecule has 0 saturated heterocycles. The Morgan fingerprint density at radius 2 is 2.50 bits per heavy atom. The minimum absolute atomic E-state index is 0.627. The number of aryl methyl sites for hydroxylation is 1. The molecule has 1 aromatic rings. The van der Waals surface area contributed by atoms with Crippen LogP contribution in [0.1, 0.15) is 19.0 Å². The predicted molar refractivity (Wildman–Crippen MR) is 50.5 cm³/mol. The third kappa shape index (κ3) is 1.95. The van der Waals surface area contributed by atoms with Crippen molar-refractivity contribution in [1.29, 1.82) is 0 Å². The van der Waals surface area contributed by atoms with Gasteiger partial charge < -0.3 is 10.3 Å². The van der Waals surface area contributed by atoms with Gasteiger partial charge in [0.15, 0.2) is 0 Å². The molecule has 0 amide bonds. The lowest BCUT2D eigenvalue weighted by atomic mass is 10.2. The molecule has 0 atom stereocenters. The van der Waals surface area contributed by atoms with Gasteiger partial charge in [-0.3, -0.25) is 0 Å². The van der Waals surface area contributed by atoms with Gasteiger partial charge in [0.25, 0.3) is 0 Å². The molecule has 0 spiro atoms. The molecule has 0 aliphatic heterocycles. The molecule has 0 aromatic carbocycles. The summed E-state index contributed by atoms with van der Waals surface area (Å²) in [6.45, 7) is 2.73. The van der Waals surface area contributed by atoms with E-state index in [1.165, 1.54) is 5.57 Å². The molecule has 1 rings (SSSR count). The fourth-order valence-corrected chi connectivity index (χ4v) is 1.02. The second-order valence-corrected chi connectivity index (χ2v) is 2.79. The van der Waals surface area contributed by atoms with E-state index in [0.717, 1.165) is 12.1 Å². The monoisotopic (exact) mass is 165 g/mol. The van der Waals surface area contributed by atoms with Crippen molar-refractivity contribution in [3.63, 3.8) is 0 Å². The second kappa shape index (κ2) is 4.07. The Morgan fingerprint density at radius 1 is 1.75 bits per heavy atom. The predicted octanol–water partition coefficient (Wildman–Crippen LogP) is 1.17. The van der Waals surface area contributed by atoms with Crippen LogP contribution in [0.25, 0.3) is 6.08 Å². The largest absolute Gasteiger partial charge is 0.334 e. The summed E-state index contributed by atoms with van der Waals surface area (Å²) in [6.07, 6.45) is 6.72. The third-order valence-electron chi connectivity index (χ3n) is 1.92. The summed E-state index contributed by atoms with van der Waals surface area (Å²) in [4.78, 5) is 4.02. The molecule has 0 radical (unpaired) electrons. The zero-order valence-corrected chi connectivity index (χ0v) is 7.62. The maximum atomic E-state index is 5.55. The molecule has 0 unspecified atom stereocenters. The number of aromatic nitrogens is 2. The summed E-state index contributed by atoms with van der Waals surface area (Å²) in [5.74, 6) is 0. The fourth-order valence-electron chi connectivity index (χ4n) is 1.02. The Morgan fingerprint density at radius 3 is 2.92 bits per heavy atom. The van der Waals surface area contributed by atoms with Gasteiger partial charge in [-0.05, 0) is 12.5 Å². The Labute approximate surface area is 72.9 Å². The molecule has 0 aliphatic carbocycles. The van der Waals surface area contributed by atoms with Crippen molar-refractivity contribution < 1.29 is 0 Å². The molecular formula is C9H15N3. The highest BCUT2D eigenvalue weighted by molar-refractivity contribution is 5.48. The first-order valence-electron chi connectivity index (χ1n) is 4.13. The van der Waals surface area contributed by atoms with Crippen LogP contribution in [0.2, 0.25) is 0 Å². The van der Waals surface area contributed by atoms with Gasteiger partial charge in [0, 0.05) is 13.6 Å². The van der Waals surface area contributed by atoms with Crippen LogP contribution < -0.4 is 5.73 Å². The molecule has 2 N–H and O–H groups in total. The quantitative estimate of drug-likeness (QED) is 0.730. The first-order valence-corrected chi connectivity index (χ1v) is 4.13. The Kier molecular flexibility index (Phi) is 3.05. The molecule has 1 heterocycles. The van der Waals surface area contributed by atoms with Gasteiger partial charge >= 0.3 is 0 Å². The molecule has 66 valence electrons. The van der Waals surface area contributed by atoms with Gasteiger partial charge in [-0.1, -0.05) is 12.5 Å². The maximum absolute atomic E-state index is 5.55. The van der Waals surface area contributed by atoms with Crippen LogP contribution >= 0.6 is 0 Å². The van der Waals surface area contributed by atoms with Crippen LogP contribution in [0.5, 0.6) is 0 Å². The first kappa shape index (κ1) is 9.00. The lowest BCUT2D eigenvalue weighted by molar-refractivity contribution is 0.898. The fraction of sp³-hybridized carbons (Fsp3) is 0.444. The van der Waals surface area contributed by atoms with E-state index < -0.39 is 0 Å². The van der Waals surface area contributed by atoms with E-state index in [1.54, 1.807) is 6.33 Å². The Hall–Kier alpha value is -1.09. The van der Waals surface area contributed by atoms with Gasteiger partial charge in [0.05, 0.1) is 18.2 Å². The van der Waals surface area contributed by atoms with Crippen LogP contribution in [-0.4, -0.2) is 16.1 Å². The standard InChI is InChI=1S/C9H15N3/c1-3-8(5-10)4-9-6-11-7-12(9)2/h4,6-7H,3,5,10H2,1-2H3. The van der Waals surface area contributed by atoms with Crippen LogP contribution in [-0.2, 0) is 7.05 Å². The van der Waals surface area contributed by atoms with Crippen molar-refractivity contribution in [1.82, 2.24) is 9.55 Å². The Balaban J connectivity index is 2.85. The minimum Gasteiger partial charge on any atom is -0.334 e. The average molecular weight is 165 g/mol. The van der Waals surface area contributed by atoms with Crippen molar-refractivity contribution in [3.05, 3.63) is 23.8 Å². The molecule has 0 saturated carbocycles. The zero-order valence-electron chi connectivity index (χ0n) is 7.62. The van der Waals surface area contributed by atoms with Crippen molar-refractivity contribution in [2.24, 2.45) is 12.8 Å². The number of imidazole rings is 1. The van der Waals surface area contributed by atoms with E-state index in [2.05, 4.69) is 18.0 Å². The molecule has 0 bridgehead atoms. The molecular weight excluding hydrogens is 150 g/mol. The maximum Gasteiger partial charge on any atom is 0.0948 e. The lowest BCUT2D eigenvalue weighted by Crippen LogP contribution is -2.02. The van der Waals surface area contributed by atoms with E-state index in [0.29, 0.717) is 6.54 Å². The number of nitrogens with zero attached hydrogens (tertiary/aromatic N) is 2. The third-order valence-corrected chi connectivity index (χ3v) is 1.92. The summed E-state index contributed by atoms with van der Waals surface area (Å²) >= 11 is 0. The SMILES string of the molecule is CCC(=Cc1cncn1C)CN. The van der Waals surface area contributed by atoms with E-state index in [4.69, 9.17) is 5.73 Å². The summed E-state index contributed by atoms with van der Waals surface area (Å²) in [7, 11) is 1.97. The average Bonchev–Trinajstić information content (AvgIpc) is 2.47. The normalized spacial score (nSPS) is 12.1. The minimum atomic E-state index is 0.627. The summed E-state index contributed by atoms with van der Waals surface area (Å²) in [5, 5.41) is 0. The highest BCUT2D eigenvalue weighted by Gasteiger charge is 1.95. The van der Waals surface area contributed by atoms with E-state index in [1.807, 2.05) is 17.8 Å². The molecule has 0 aliphatic rings. The second-order valence-electron chi connectivity index (χ2n) is 2.79. The highest BCUT2D eigenvalue weighted by atomic mass is 15.0. The van der Waals surface area contributed by atoms with Crippen molar-refractivity contribution in [2.45, 2.75) is 13.3 Å². The van der Waals surface area contributed by atoms with E-state index >= 15 is 0 Å². The molecule has 3 heteroatoms. The van der Waals surface area contributed by atoms with Crippen molar-refractivity contribution in [2.75, 3.05) is 6.54 Å². The first-order chi connectivity index (χ1) is 5.77. The van der Waals surface area contributed by atoms with Crippen LogP contribution in [0.4, 0.5) is 0 Å². The van der Waals surface area contributed by atoms with Gasteiger partial charge in [-0.2, -0.15) is 0 Å². The number of rotatable bonds is 3. The van der Waals surface area contributed by atoms with Crippen LogP contribution in [0.15, 0.2) is 18.1 Å². The zero-order chi connectivity index (χ0) is 8.97. The topological polar surface area (TPSA) is 43.8 Å². The van der Waals surface area contributed by atoms with Gasteiger partial charge in [-0.15, -0.1) is 0 Å². The number of hydrogen-bond donors (Lipinski definition) is 1. The van der Waals surface area contributed by atoms with Gasteiger partial charge in [0.2, 0.25) is 0 Å². The lowest BCUT2D eigenvalue weighted by Gasteiger charge is -2.00. The smallest absolute Gasteiger partial charge is 0.0948 e. The summed E-state index contributed by atoms with van der Waals surface area (Å²) in [6, 6.07) is 0.